The predicted molar refractivity (Wildman–Crippen MR) is 125 cm³/mol. The van der Waals surface area contributed by atoms with Gasteiger partial charge in [-0.15, -0.1) is 0 Å². The van der Waals surface area contributed by atoms with E-state index in [4.69, 9.17) is 25.8 Å². The van der Waals surface area contributed by atoms with E-state index in [1.165, 1.54) is 13.2 Å². The SMILES string of the molecule is C=CC(=O)N1CCN(c2nc(OC)nc3c2OCC(c2cccc4cccc(Cl)c24)O3)CC1. The highest BCUT2D eigenvalue weighted by Crippen LogP contribution is 2.44. The fourth-order valence-electron chi connectivity index (χ4n) is 4.25. The van der Waals surface area contributed by atoms with Crippen LogP contribution in [0.15, 0.2) is 49.1 Å². The summed E-state index contributed by atoms with van der Waals surface area (Å²) in [6, 6.07) is 12.0. The number of methoxy groups -OCH3 is 1. The average Bonchev–Trinajstić information content (AvgIpc) is 2.87. The zero-order valence-electron chi connectivity index (χ0n) is 18.2. The molecule has 1 saturated heterocycles. The first kappa shape index (κ1) is 21.3. The molecule has 0 saturated carbocycles. The molecule has 3 aromatic rings. The van der Waals surface area contributed by atoms with E-state index >= 15 is 0 Å². The summed E-state index contributed by atoms with van der Waals surface area (Å²) in [5.41, 5.74) is 0.930. The summed E-state index contributed by atoms with van der Waals surface area (Å²) in [7, 11) is 1.51. The maximum atomic E-state index is 11.9. The predicted octanol–water partition coefficient (Wildman–Crippen LogP) is 3.64. The fourth-order valence-corrected chi connectivity index (χ4v) is 4.54. The minimum absolute atomic E-state index is 0.0758. The summed E-state index contributed by atoms with van der Waals surface area (Å²) in [5, 5.41) is 2.62. The lowest BCUT2D eigenvalue weighted by Crippen LogP contribution is -2.48. The van der Waals surface area contributed by atoms with Crippen LogP contribution in [0.3, 0.4) is 0 Å². The Balaban J connectivity index is 1.46. The Hall–Kier alpha value is -3.52. The smallest absolute Gasteiger partial charge is 0.321 e. The lowest BCUT2D eigenvalue weighted by atomic mass is 10.0. The van der Waals surface area contributed by atoms with Gasteiger partial charge in [-0.3, -0.25) is 4.79 Å². The number of anilines is 1. The number of carbonyl (C=O) groups is 1. The van der Waals surface area contributed by atoms with E-state index in [1.807, 2.05) is 41.3 Å². The van der Waals surface area contributed by atoms with Gasteiger partial charge in [0.1, 0.15) is 6.61 Å². The third-order valence-corrected chi connectivity index (χ3v) is 6.23. The van der Waals surface area contributed by atoms with E-state index in [9.17, 15) is 4.79 Å². The van der Waals surface area contributed by atoms with Gasteiger partial charge < -0.3 is 24.0 Å². The highest BCUT2D eigenvalue weighted by Gasteiger charge is 2.32. The van der Waals surface area contributed by atoms with Crippen molar-refractivity contribution < 1.29 is 19.0 Å². The molecule has 2 aliphatic heterocycles. The molecule has 170 valence electrons. The summed E-state index contributed by atoms with van der Waals surface area (Å²) < 4.78 is 17.8. The molecular weight excluding hydrogens is 444 g/mol. The van der Waals surface area contributed by atoms with Gasteiger partial charge in [0, 0.05) is 42.2 Å². The lowest BCUT2D eigenvalue weighted by Gasteiger charge is -2.36. The summed E-state index contributed by atoms with van der Waals surface area (Å²) in [4.78, 5) is 24.7. The zero-order valence-corrected chi connectivity index (χ0v) is 18.9. The van der Waals surface area contributed by atoms with Gasteiger partial charge >= 0.3 is 6.01 Å². The van der Waals surface area contributed by atoms with Crippen molar-refractivity contribution in [3.63, 3.8) is 0 Å². The van der Waals surface area contributed by atoms with Crippen LogP contribution in [0.1, 0.15) is 11.7 Å². The molecule has 33 heavy (non-hydrogen) atoms. The van der Waals surface area contributed by atoms with Crippen molar-refractivity contribution in [1.82, 2.24) is 14.9 Å². The molecule has 5 rings (SSSR count). The maximum absolute atomic E-state index is 11.9. The van der Waals surface area contributed by atoms with Crippen LogP contribution in [0.2, 0.25) is 5.02 Å². The lowest BCUT2D eigenvalue weighted by molar-refractivity contribution is -0.126. The maximum Gasteiger partial charge on any atom is 0.321 e. The second kappa shape index (κ2) is 8.78. The number of ether oxygens (including phenoxy) is 3. The number of amides is 1. The van der Waals surface area contributed by atoms with E-state index in [2.05, 4.69) is 16.5 Å². The van der Waals surface area contributed by atoms with Crippen LogP contribution in [0.5, 0.6) is 17.6 Å². The Kier molecular flexibility index (Phi) is 5.68. The van der Waals surface area contributed by atoms with Gasteiger partial charge in [0.05, 0.1) is 7.11 Å². The Morgan fingerprint density at radius 2 is 1.94 bits per heavy atom. The van der Waals surface area contributed by atoms with Gasteiger partial charge in [-0.2, -0.15) is 9.97 Å². The van der Waals surface area contributed by atoms with Gasteiger partial charge in [0.2, 0.25) is 11.7 Å². The molecule has 1 amide bonds. The number of piperazine rings is 1. The monoisotopic (exact) mass is 466 g/mol. The third kappa shape index (κ3) is 3.91. The topological polar surface area (TPSA) is 77.0 Å². The number of halogens is 1. The van der Waals surface area contributed by atoms with Crippen molar-refractivity contribution >= 4 is 34.1 Å². The Bertz CT molecular complexity index is 1220. The van der Waals surface area contributed by atoms with Crippen molar-refractivity contribution in [3.8, 4) is 17.6 Å². The molecule has 2 aliphatic rings. The fraction of sp³-hybridized carbons (Fsp3) is 0.292. The van der Waals surface area contributed by atoms with Crippen LogP contribution in [-0.4, -0.2) is 60.7 Å². The standard InChI is InChI=1S/C24H23ClN4O4/c1-3-19(30)28-10-12-29(13-11-28)22-21-23(27-24(26-22)31-2)33-18(14-32-21)16-8-4-6-15-7-5-9-17(25)20(15)16/h3-9,18H,1,10-14H2,2H3. The van der Waals surface area contributed by atoms with Crippen molar-refractivity contribution in [1.29, 1.82) is 0 Å². The van der Waals surface area contributed by atoms with Crippen LogP contribution >= 0.6 is 11.6 Å². The Morgan fingerprint density at radius 3 is 2.67 bits per heavy atom. The van der Waals surface area contributed by atoms with Crippen molar-refractivity contribution in [2.45, 2.75) is 6.10 Å². The summed E-state index contributed by atoms with van der Waals surface area (Å²) in [5.74, 6) is 1.31. The number of hydrogen-bond donors (Lipinski definition) is 0. The minimum Gasteiger partial charge on any atom is -0.481 e. The van der Waals surface area contributed by atoms with Crippen LogP contribution in [-0.2, 0) is 4.79 Å². The third-order valence-electron chi connectivity index (χ3n) is 5.91. The van der Waals surface area contributed by atoms with Gasteiger partial charge in [-0.1, -0.05) is 48.5 Å². The molecule has 1 atom stereocenters. The number of hydrogen-bond acceptors (Lipinski definition) is 7. The molecule has 1 unspecified atom stereocenters. The molecule has 1 fully saturated rings. The molecule has 0 bridgehead atoms. The zero-order chi connectivity index (χ0) is 22.9. The van der Waals surface area contributed by atoms with Crippen LogP contribution in [0, 0.1) is 0 Å². The van der Waals surface area contributed by atoms with Gasteiger partial charge in [-0.25, -0.2) is 0 Å². The Labute approximate surface area is 196 Å². The normalized spacial score (nSPS) is 17.7. The molecule has 9 heteroatoms. The quantitative estimate of drug-likeness (QED) is 0.543. The first-order valence-corrected chi connectivity index (χ1v) is 11.1. The number of carbonyl (C=O) groups excluding carboxylic acids is 1. The van der Waals surface area contributed by atoms with E-state index in [1.54, 1.807) is 4.90 Å². The number of rotatable bonds is 4. The second-order valence-electron chi connectivity index (χ2n) is 7.79. The molecule has 0 N–H and O–H groups in total. The molecule has 1 aromatic heterocycles. The molecule has 0 radical (unpaired) electrons. The van der Waals surface area contributed by atoms with E-state index in [0.717, 1.165) is 16.3 Å². The van der Waals surface area contributed by atoms with Gasteiger partial charge in [0.15, 0.2) is 11.9 Å². The van der Waals surface area contributed by atoms with Gasteiger partial charge in [0.25, 0.3) is 5.88 Å². The van der Waals surface area contributed by atoms with Crippen molar-refractivity contribution in [2.24, 2.45) is 0 Å². The minimum atomic E-state index is -0.393. The van der Waals surface area contributed by atoms with E-state index < -0.39 is 6.10 Å². The number of nitrogens with zero attached hydrogens (tertiary/aromatic N) is 4. The van der Waals surface area contributed by atoms with Crippen molar-refractivity contribution in [2.75, 3.05) is 44.8 Å². The first-order chi connectivity index (χ1) is 16.1. The van der Waals surface area contributed by atoms with Gasteiger partial charge in [-0.05, 0) is 17.5 Å². The molecular formula is C24H23ClN4O4. The number of benzene rings is 2. The molecule has 2 aromatic carbocycles. The van der Waals surface area contributed by atoms with Crippen molar-refractivity contribution in [3.05, 3.63) is 59.6 Å². The second-order valence-corrected chi connectivity index (χ2v) is 8.19. The van der Waals surface area contributed by atoms with Crippen LogP contribution < -0.4 is 19.1 Å². The molecule has 0 aliphatic carbocycles. The summed E-state index contributed by atoms with van der Waals surface area (Å²) >= 11 is 6.52. The van der Waals surface area contributed by atoms with E-state index in [0.29, 0.717) is 48.6 Å². The van der Waals surface area contributed by atoms with Crippen LogP contribution in [0.25, 0.3) is 10.8 Å². The number of aromatic nitrogens is 2. The molecule has 0 spiro atoms. The molecule has 3 heterocycles. The average molecular weight is 467 g/mol. The van der Waals surface area contributed by atoms with Crippen LogP contribution in [0.4, 0.5) is 5.82 Å². The highest BCUT2D eigenvalue weighted by atomic mass is 35.5. The van der Waals surface area contributed by atoms with E-state index in [-0.39, 0.29) is 18.5 Å². The number of fused-ring (bicyclic) bond motifs is 2. The molecule has 8 nitrogen and oxygen atoms in total. The highest BCUT2D eigenvalue weighted by molar-refractivity contribution is 6.35. The summed E-state index contributed by atoms with van der Waals surface area (Å²) in [6.45, 7) is 6.16. The summed E-state index contributed by atoms with van der Waals surface area (Å²) in [6.07, 6.45) is 0.942. The first-order valence-electron chi connectivity index (χ1n) is 10.7. The Morgan fingerprint density at radius 1 is 1.18 bits per heavy atom. The largest absolute Gasteiger partial charge is 0.481 e.